The molecule has 3 rings (SSSR count). The van der Waals surface area contributed by atoms with Crippen LogP contribution in [0.1, 0.15) is 55.3 Å². The summed E-state index contributed by atoms with van der Waals surface area (Å²) < 4.78 is 13.9. The first-order valence-corrected chi connectivity index (χ1v) is 9.70. The van der Waals surface area contributed by atoms with Crippen LogP contribution in [0.5, 0.6) is 0 Å². The van der Waals surface area contributed by atoms with Crippen LogP contribution in [-0.2, 0) is 6.54 Å². The monoisotopic (exact) mass is 488 g/mol. The Morgan fingerprint density at radius 1 is 1.38 bits per heavy atom. The lowest BCUT2D eigenvalue weighted by Crippen LogP contribution is -2.39. The number of guanidine groups is 1. The van der Waals surface area contributed by atoms with Gasteiger partial charge in [0.25, 0.3) is 0 Å². The number of hydrogen-bond donors (Lipinski definition) is 2. The molecule has 1 aromatic heterocycles. The van der Waals surface area contributed by atoms with Gasteiger partial charge in [-0.15, -0.1) is 35.3 Å². The molecule has 1 aliphatic rings. The average molecular weight is 488 g/mol. The Hall–Kier alpha value is -1.22. The smallest absolute Gasteiger partial charge is 0.191 e. The molecule has 1 aliphatic carbocycles. The van der Waals surface area contributed by atoms with Crippen LogP contribution in [0.25, 0.3) is 0 Å². The van der Waals surface area contributed by atoms with E-state index < -0.39 is 0 Å². The second-order valence-corrected chi connectivity index (χ2v) is 7.57. The molecule has 4 nitrogen and oxygen atoms in total. The van der Waals surface area contributed by atoms with Crippen molar-refractivity contribution in [3.63, 3.8) is 0 Å². The van der Waals surface area contributed by atoms with Gasteiger partial charge in [0.2, 0.25) is 0 Å². The summed E-state index contributed by atoms with van der Waals surface area (Å²) in [5.74, 6) is 1.31. The Morgan fingerprint density at radius 3 is 2.81 bits per heavy atom. The molecule has 2 atom stereocenters. The minimum absolute atomic E-state index is 0. The first-order valence-electron chi connectivity index (χ1n) is 8.82. The van der Waals surface area contributed by atoms with Crippen molar-refractivity contribution in [2.45, 2.75) is 51.6 Å². The standard InChI is InChI=1S/C19H25FN4S.HI/c1-4-21-19(22-10-18-23-17(11-25-18)12(2)3)24-16-9-14(16)13-7-5-6-8-15(13)20;/h5-8,11-12,14,16H,4,9-10H2,1-3H3,(H2,21,22,24);1H. The highest BCUT2D eigenvalue weighted by atomic mass is 127. The third kappa shape index (κ3) is 5.39. The zero-order chi connectivity index (χ0) is 17.8. The topological polar surface area (TPSA) is 49.3 Å². The molecule has 1 aromatic carbocycles. The van der Waals surface area contributed by atoms with Gasteiger partial charge in [0.05, 0.1) is 12.2 Å². The van der Waals surface area contributed by atoms with Gasteiger partial charge in [0, 0.05) is 23.9 Å². The summed E-state index contributed by atoms with van der Waals surface area (Å²) in [5, 5.41) is 9.80. The molecule has 1 fully saturated rings. The van der Waals surface area contributed by atoms with Gasteiger partial charge in [-0.2, -0.15) is 0 Å². The number of aromatic nitrogens is 1. The number of aliphatic imine (C=N–C) groups is 1. The lowest BCUT2D eigenvalue weighted by atomic mass is 10.1. The second kappa shape index (κ2) is 9.64. The summed E-state index contributed by atoms with van der Waals surface area (Å²) in [6.45, 7) is 7.67. The molecule has 142 valence electrons. The summed E-state index contributed by atoms with van der Waals surface area (Å²) >= 11 is 1.65. The average Bonchev–Trinajstić information content (AvgIpc) is 3.17. The van der Waals surface area contributed by atoms with Crippen LogP contribution in [0.15, 0.2) is 34.6 Å². The van der Waals surface area contributed by atoms with E-state index in [1.807, 2.05) is 19.1 Å². The van der Waals surface area contributed by atoms with Crippen LogP contribution in [0.2, 0.25) is 0 Å². The normalized spacial score (nSPS) is 19.2. The highest BCUT2D eigenvalue weighted by Crippen LogP contribution is 2.41. The van der Waals surface area contributed by atoms with E-state index in [-0.39, 0.29) is 41.8 Å². The number of nitrogens with zero attached hydrogens (tertiary/aromatic N) is 2. The molecule has 26 heavy (non-hydrogen) atoms. The summed E-state index contributed by atoms with van der Waals surface area (Å²) in [6.07, 6.45) is 0.931. The van der Waals surface area contributed by atoms with Crippen molar-refractivity contribution in [3.8, 4) is 0 Å². The first-order chi connectivity index (χ1) is 12.1. The van der Waals surface area contributed by atoms with Crippen molar-refractivity contribution in [1.29, 1.82) is 0 Å². The van der Waals surface area contributed by atoms with Crippen molar-refractivity contribution in [1.82, 2.24) is 15.6 Å². The van der Waals surface area contributed by atoms with Crippen molar-refractivity contribution < 1.29 is 4.39 Å². The van der Waals surface area contributed by atoms with Crippen molar-refractivity contribution in [2.75, 3.05) is 6.54 Å². The number of thiazole rings is 1. The van der Waals surface area contributed by atoms with E-state index in [0.717, 1.165) is 35.2 Å². The van der Waals surface area contributed by atoms with E-state index in [2.05, 4.69) is 39.8 Å². The molecule has 0 bridgehead atoms. The maximum Gasteiger partial charge on any atom is 0.191 e. The summed E-state index contributed by atoms with van der Waals surface area (Å²) in [6, 6.07) is 7.25. The van der Waals surface area contributed by atoms with E-state index in [0.29, 0.717) is 12.5 Å². The first kappa shape index (κ1) is 21.1. The third-order valence-corrected chi connectivity index (χ3v) is 5.15. The molecule has 1 heterocycles. The largest absolute Gasteiger partial charge is 0.357 e. The van der Waals surface area contributed by atoms with Crippen LogP contribution in [0.3, 0.4) is 0 Å². The van der Waals surface area contributed by atoms with Gasteiger partial charge >= 0.3 is 0 Å². The summed E-state index contributed by atoms with van der Waals surface area (Å²) in [4.78, 5) is 9.25. The molecule has 0 radical (unpaired) electrons. The Bertz CT molecular complexity index is 747. The van der Waals surface area contributed by atoms with E-state index in [9.17, 15) is 4.39 Å². The van der Waals surface area contributed by atoms with Crippen molar-refractivity contribution in [2.24, 2.45) is 4.99 Å². The third-order valence-electron chi connectivity index (χ3n) is 4.29. The number of hydrogen-bond acceptors (Lipinski definition) is 3. The zero-order valence-corrected chi connectivity index (χ0v) is 18.5. The van der Waals surface area contributed by atoms with Crippen LogP contribution in [-0.4, -0.2) is 23.5 Å². The minimum Gasteiger partial charge on any atom is -0.357 e. The van der Waals surface area contributed by atoms with Gasteiger partial charge in [-0.3, -0.25) is 0 Å². The van der Waals surface area contributed by atoms with Gasteiger partial charge in [0.1, 0.15) is 10.8 Å². The maximum absolute atomic E-state index is 13.9. The fourth-order valence-electron chi connectivity index (χ4n) is 2.78. The van der Waals surface area contributed by atoms with Crippen LogP contribution >= 0.6 is 35.3 Å². The molecular weight excluding hydrogens is 462 g/mol. The molecular formula is C19H26FIN4S. The molecule has 2 aromatic rings. The molecule has 1 saturated carbocycles. The van der Waals surface area contributed by atoms with Crippen molar-refractivity contribution in [3.05, 3.63) is 51.7 Å². The Labute approximate surface area is 175 Å². The van der Waals surface area contributed by atoms with Crippen molar-refractivity contribution >= 4 is 41.3 Å². The highest BCUT2D eigenvalue weighted by molar-refractivity contribution is 14.0. The predicted molar refractivity (Wildman–Crippen MR) is 117 cm³/mol. The van der Waals surface area contributed by atoms with E-state index in [1.165, 1.54) is 6.07 Å². The second-order valence-electron chi connectivity index (χ2n) is 6.63. The Morgan fingerprint density at radius 2 is 2.15 bits per heavy atom. The molecule has 0 amide bonds. The van der Waals surface area contributed by atoms with Gasteiger partial charge in [-0.25, -0.2) is 14.4 Å². The summed E-state index contributed by atoms with van der Waals surface area (Å²) in [5.41, 5.74) is 1.91. The zero-order valence-electron chi connectivity index (χ0n) is 15.3. The van der Waals surface area contributed by atoms with Crippen LogP contribution < -0.4 is 10.6 Å². The molecule has 0 spiro atoms. The number of rotatable bonds is 6. The van der Waals surface area contributed by atoms with Gasteiger partial charge in [-0.05, 0) is 30.9 Å². The molecule has 7 heteroatoms. The van der Waals surface area contributed by atoms with E-state index >= 15 is 0 Å². The fraction of sp³-hybridized carbons (Fsp3) is 0.474. The fourth-order valence-corrected chi connectivity index (χ4v) is 3.66. The SMILES string of the molecule is CCNC(=NCc1nc(C(C)C)cs1)NC1CC1c1ccccc1F.I. The quantitative estimate of drug-likeness (QED) is 0.354. The molecule has 2 unspecified atom stereocenters. The predicted octanol–water partition coefficient (Wildman–Crippen LogP) is 4.63. The number of halogens is 2. The molecule has 0 saturated heterocycles. The number of nitrogens with one attached hydrogen (secondary N) is 2. The van der Waals surface area contributed by atoms with Gasteiger partial charge in [-0.1, -0.05) is 32.0 Å². The highest BCUT2D eigenvalue weighted by Gasteiger charge is 2.40. The maximum atomic E-state index is 13.9. The minimum atomic E-state index is -0.122. The lowest BCUT2D eigenvalue weighted by Gasteiger charge is -2.11. The van der Waals surface area contributed by atoms with E-state index in [1.54, 1.807) is 17.4 Å². The van der Waals surface area contributed by atoms with E-state index in [4.69, 9.17) is 0 Å². The van der Waals surface area contributed by atoms with Gasteiger partial charge < -0.3 is 10.6 Å². The summed E-state index contributed by atoms with van der Waals surface area (Å²) in [7, 11) is 0. The molecule has 0 aliphatic heterocycles. The number of benzene rings is 1. The van der Waals surface area contributed by atoms with Crippen LogP contribution in [0, 0.1) is 5.82 Å². The van der Waals surface area contributed by atoms with Gasteiger partial charge in [0.15, 0.2) is 5.96 Å². The van der Waals surface area contributed by atoms with Crippen LogP contribution in [0.4, 0.5) is 4.39 Å². The Kier molecular flexibility index (Phi) is 7.82. The molecule has 2 N–H and O–H groups in total. The Balaban J connectivity index is 0.00000243. The lowest BCUT2D eigenvalue weighted by molar-refractivity contribution is 0.607.